The molecule has 0 fully saturated rings. The Morgan fingerprint density at radius 3 is 1.48 bits per heavy atom. The van der Waals surface area contributed by atoms with Crippen molar-refractivity contribution < 1.29 is 4.79 Å². The molecule has 3 aromatic carbocycles. The van der Waals surface area contributed by atoms with E-state index >= 15 is 0 Å². The topological polar surface area (TPSA) is 42.0 Å². The minimum absolute atomic E-state index is 0.0342. The number of aromatic nitrogens is 1. The number of hydrogen-bond acceptors (Lipinski definition) is 2. The van der Waals surface area contributed by atoms with Gasteiger partial charge in [-0.2, -0.15) is 0 Å². The Kier molecular flexibility index (Phi) is 5.77. The van der Waals surface area contributed by atoms with Gasteiger partial charge in [-0.3, -0.25) is 9.78 Å². The van der Waals surface area contributed by atoms with Crippen LogP contribution in [0.25, 0.3) is 0 Å². The maximum Gasteiger partial charge on any atom is 0.232 e. The quantitative estimate of drug-likeness (QED) is 0.506. The van der Waals surface area contributed by atoms with E-state index < -0.39 is 0 Å². The highest BCUT2D eigenvalue weighted by Gasteiger charge is 2.26. The van der Waals surface area contributed by atoms with Crippen LogP contribution in [-0.4, -0.2) is 10.9 Å². The van der Waals surface area contributed by atoms with Gasteiger partial charge in [-0.1, -0.05) is 91.0 Å². The van der Waals surface area contributed by atoms with E-state index in [1.54, 1.807) is 12.4 Å². The average Bonchev–Trinajstić information content (AvgIpc) is 2.80. The standard InChI is InChI=1S/C26H22N2O/c29-26(24(20-10-4-1-5-11-20)21-12-6-2-7-13-21)28-25(22-14-8-3-9-15-22)23-16-18-27-19-17-23/h1-19,24-25H,(H,28,29). The number of nitrogens with zero attached hydrogens (tertiary/aromatic N) is 1. The number of pyridine rings is 1. The Hall–Kier alpha value is -3.72. The smallest absolute Gasteiger partial charge is 0.232 e. The van der Waals surface area contributed by atoms with Crippen LogP contribution in [0.2, 0.25) is 0 Å². The third-order valence-corrected chi connectivity index (χ3v) is 4.99. The number of rotatable bonds is 6. The van der Waals surface area contributed by atoms with Crippen LogP contribution in [0.1, 0.15) is 34.2 Å². The van der Waals surface area contributed by atoms with Crippen LogP contribution in [-0.2, 0) is 4.79 Å². The van der Waals surface area contributed by atoms with Gasteiger partial charge in [0.2, 0.25) is 5.91 Å². The molecular formula is C26H22N2O. The van der Waals surface area contributed by atoms with Crippen molar-refractivity contribution in [1.82, 2.24) is 10.3 Å². The van der Waals surface area contributed by atoms with Crippen molar-refractivity contribution in [3.05, 3.63) is 138 Å². The molecule has 0 aliphatic carbocycles. The normalized spacial score (nSPS) is 11.8. The van der Waals surface area contributed by atoms with Crippen LogP contribution >= 0.6 is 0 Å². The lowest BCUT2D eigenvalue weighted by molar-refractivity contribution is -0.122. The fraction of sp³-hybridized carbons (Fsp3) is 0.0769. The molecule has 0 bridgehead atoms. The van der Waals surface area contributed by atoms with Gasteiger partial charge in [-0.25, -0.2) is 0 Å². The zero-order valence-electron chi connectivity index (χ0n) is 16.0. The first kappa shape index (κ1) is 18.6. The van der Waals surface area contributed by atoms with E-state index in [9.17, 15) is 4.79 Å². The van der Waals surface area contributed by atoms with Crippen molar-refractivity contribution in [3.8, 4) is 0 Å². The molecule has 1 heterocycles. The molecule has 0 saturated carbocycles. The third-order valence-electron chi connectivity index (χ3n) is 4.99. The maximum absolute atomic E-state index is 13.6. The predicted octanol–water partition coefficient (Wildman–Crippen LogP) is 5.12. The number of carbonyl (C=O) groups is 1. The average molecular weight is 378 g/mol. The summed E-state index contributed by atoms with van der Waals surface area (Å²) in [6.45, 7) is 0. The van der Waals surface area contributed by atoms with Crippen molar-refractivity contribution in [3.63, 3.8) is 0 Å². The molecule has 0 spiro atoms. The Labute approximate surface area is 171 Å². The van der Waals surface area contributed by atoms with E-state index in [4.69, 9.17) is 0 Å². The first-order valence-corrected chi connectivity index (χ1v) is 9.68. The molecule has 3 nitrogen and oxygen atoms in total. The fourth-order valence-electron chi connectivity index (χ4n) is 3.57. The summed E-state index contributed by atoms with van der Waals surface area (Å²) in [7, 11) is 0. The largest absolute Gasteiger partial charge is 0.344 e. The summed E-state index contributed by atoms with van der Waals surface area (Å²) in [6, 6.07) is 33.5. The van der Waals surface area contributed by atoms with Gasteiger partial charge in [0.05, 0.1) is 12.0 Å². The van der Waals surface area contributed by atoms with E-state index in [1.165, 1.54) is 0 Å². The second-order valence-corrected chi connectivity index (χ2v) is 6.89. The van der Waals surface area contributed by atoms with Crippen LogP contribution in [0.4, 0.5) is 0 Å². The number of hydrogen-bond donors (Lipinski definition) is 1. The van der Waals surface area contributed by atoms with Crippen LogP contribution in [0, 0.1) is 0 Å². The Morgan fingerprint density at radius 2 is 1.00 bits per heavy atom. The molecule has 142 valence electrons. The molecule has 1 atom stereocenters. The molecule has 0 aliphatic rings. The first-order valence-electron chi connectivity index (χ1n) is 9.68. The molecule has 1 amide bonds. The highest BCUT2D eigenvalue weighted by molar-refractivity contribution is 5.87. The monoisotopic (exact) mass is 378 g/mol. The van der Waals surface area contributed by atoms with Crippen LogP contribution < -0.4 is 5.32 Å². The van der Waals surface area contributed by atoms with Crippen LogP contribution in [0.15, 0.2) is 116 Å². The molecule has 0 aliphatic heterocycles. The minimum atomic E-state index is -0.384. The SMILES string of the molecule is O=C(NC(c1ccccc1)c1ccncc1)C(c1ccccc1)c1ccccc1. The molecule has 4 aromatic rings. The molecule has 29 heavy (non-hydrogen) atoms. The predicted molar refractivity (Wildman–Crippen MR) is 115 cm³/mol. The lowest BCUT2D eigenvalue weighted by atomic mass is 9.89. The Balaban J connectivity index is 1.71. The van der Waals surface area contributed by atoms with E-state index in [1.807, 2.05) is 103 Å². The summed E-state index contributed by atoms with van der Waals surface area (Å²) in [5.74, 6) is -0.418. The van der Waals surface area contributed by atoms with Gasteiger partial charge >= 0.3 is 0 Å². The summed E-state index contributed by atoms with van der Waals surface area (Å²) in [4.78, 5) is 17.7. The summed E-state index contributed by atoms with van der Waals surface area (Å²) < 4.78 is 0. The van der Waals surface area contributed by atoms with Gasteiger partial charge in [-0.15, -0.1) is 0 Å². The minimum Gasteiger partial charge on any atom is -0.344 e. The lowest BCUT2D eigenvalue weighted by Crippen LogP contribution is -2.34. The van der Waals surface area contributed by atoms with Crippen LogP contribution in [0.3, 0.4) is 0 Å². The molecular weight excluding hydrogens is 356 g/mol. The van der Waals surface area contributed by atoms with Crippen molar-refractivity contribution in [2.75, 3.05) is 0 Å². The summed E-state index contributed by atoms with van der Waals surface area (Å²) in [5.41, 5.74) is 3.97. The second kappa shape index (κ2) is 8.98. The van der Waals surface area contributed by atoms with E-state index in [0.717, 1.165) is 22.3 Å². The first-order chi connectivity index (χ1) is 14.3. The Morgan fingerprint density at radius 1 is 0.586 bits per heavy atom. The van der Waals surface area contributed by atoms with Crippen molar-refractivity contribution >= 4 is 5.91 Å². The third kappa shape index (κ3) is 4.41. The zero-order valence-corrected chi connectivity index (χ0v) is 16.0. The molecule has 1 unspecified atom stereocenters. The number of nitrogens with one attached hydrogen (secondary N) is 1. The highest BCUT2D eigenvalue weighted by Crippen LogP contribution is 2.28. The van der Waals surface area contributed by atoms with Crippen molar-refractivity contribution in [2.45, 2.75) is 12.0 Å². The summed E-state index contributed by atoms with van der Waals surface area (Å²) in [5, 5.41) is 3.28. The molecule has 1 aromatic heterocycles. The molecule has 0 radical (unpaired) electrons. The van der Waals surface area contributed by atoms with Crippen LogP contribution in [0.5, 0.6) is 0 Å². The van der Waals surface area contributed by atoms with Crippen molar-refractivity contribution in [1.29, 1.82) is 0 Å². The van der Waals surface area contributed by atoms with E-state index in [-0.39, 0.29) is 17.9 Å². The summed E-state index contributed by atoms with van der Waals surface area (Å²) in [6.07, 6.45) is 3.51. The Bertz CT molecular complexity index is 956. The van der Waals surface area contributed by atoms with E-state index in [2.05, 4.69) is 10.3 Å². The molecule has 1 N–H and O–H groups in total. The molecule has 0 saturated heterocycles. The second-order valence-electron chi connectivity index (χ2n) is 6.89. The fourth-order valence-corrected chi connectivity index (χ4v) is 3.57. The van der Waals surface area contributed by atoms with Gasteiger partial charge in [0.1, 0.15) is 0 Å². The van der Waals surface area contributed by atoms with Gasteiger partial charge < -0.3 is 5.32 Å². The number of carbonyl (C=O) groups excluding carboxylic acids is 1. The number of benzene rings is 3. The van der Waals surface area contributed by atoms with Gasteiger partial charge in [0, 0.05) is 12.4 Å². The number of amides is 1. The molecule has 4 rings (SSSR count). The summed E-state index contributed by atoms with van der Waals surface area (Å²) >= 11 is 0. The maximum atomic E-state index is 13.6. The lowest BCUT2D eigenvalue weighted by Gasteiger charge is -2.24. The van der Waals surface area contributed by atoms with E-state index in [0.29, 0.717) is 0 Å². The zero-order chi connectivity index (χ0) is 19.9. The van der Waals surface area contributed by atoms with Gasteiger partial charge in [0.15, 0.2) is 0 Å². The van der Waals surface area contributed by atoms with Crippen molar-refractivity contribution in [2.24, 2.45) is 0 Å². The molecule has 3 heteroatoms. The van der Waals surface area contributed by atoms with Gasteiger partial charge in [0.25, 0.3) is 0 Å². The van der Waals surface area contributed by atoms with Gasteiger partial charge in [-0.05, 0) is 34.4 Å². The highest BCUT2D eigenvalue weighted by atomic mass is 16.1.